The average molecular weight is 351 g/mol. The first-order valence-electron chi connectivity index (χ1n) is 5.37. The molecule has 1 atom stereocenters. The molecule has 2 aromatic rings. The van der Waals surface area contributed by atoms with E-state index in [0.29, 0.717) is 6.04 Å². The number of hydrogen-bond acceptors (Lipinski definition) is 3. The van der Waals surface area contributed by atoms with Gasteiger partial charge in [0.05, 0.1) is 4.34 Å². The van der Waals surface area contributed by atoms with Crippen LogP contribution in [0.1, 0.15) is 22.7 Å². The maximum atomic E-state index is 5.90. The van der Waals surface area contributed by atoms with Crippen molar-refractivity contribution in [3.8, 4) is 0 Å². The lowest BCUT2D eigenvalue weighted by molar-refractivity contribution is 0.585. The van der Waals surface area contributed by atoms with Crippen LogP contribution in [0, 0.1) is 0 Å². The van der Waals surface area contributed by atoms with Gasteiger partial charge in [-0.3, -0.25) is 0 Å². The molecule has 0 fully saturated rings. The molecule has 0 radical (unpaired) electrons. The standard InChI is InChI=1S/C12H13BrClNS2/c1-8(12-10(13)5-7-16-12)15-6-4-9-2-3-11(14)17-9/h2-3,5,7-8,15H,4,6H2,1H3. The molecule has 0 bridgehead atoms. The molecule has 0 aliphatic carbocycles. The minimum absolute atomic E-state index is 0.389. The highest BCUT2D eigenvalue weighted by Gasteiger charge is 2.09. The Morgan fingerprint density at radius 3 is 2.82 bits per heavy atom. The van der Waals surface area contributed by atoms with E-state index >= 15 is 0 Å². The smallest absolute Gasteiger partial charge is 0.0931 e. The van der Waals surface area contributed by atoms with Gasteiger partial charge in [-0.05, 0) is 52.9 Å². The monoisotopic (exact) mass is 349 g/mol. The third-order valence-electron chi connectivity index (χ3n) is 2.49. The molecule has 0 aliphatic heterocycles. The first-order chi connectivity index (χ1) is 8.16. The summed E-state index contributed by atoms with van der Waals surface area (Å²) in [7, 11) is 0. The van der Waals surface area contributed by atoms with Gasteiger partial charge in [-0.25, -0.2) is 0 Å². The molecule has 0 aliphatic rings. The number of hydrogen-bond donors (Lipinski definition) is 1. The Kier molecular flexibility index (Phi) is 5.06. The average Bonchev–Trinajstić information content (AvgIpc) is 2.87. The zero-order chi connectivity index (χ0) is 12.3. The highest BCUT2D eigenvalue weighted by molar-refractivity contribution is 9.10. The van der Waals surface area contributed by atoms with E-state index < -0.39 is 0 Å². The van der Waals surface area contributed by atoms with E-state index in [9.17, 15) is 0 Å². The third-order valence-corrected chi connectivity index (χ3v) is 5.83. The molecule has 17 heavy (non-hydrogen) atoms. The van der Waals surface area contributed by atoms with Crippen LogP contribution in [0.3, 0.4) is 0 Å². The lowest BCUT2D eigenvalue weighted by atomic mass is 10.2. The van der Waals surface area contributed by atoms with Crippen molar-refractivity contribution in [2.75, 3.05) is 6.54 Å². The second-order valence-corrected chi connectivity index (χ2v) is 7.37. The SMILES string of the molecule is CC(NCCc1ccc(Cl)s1)c1sccc1Br. The highest BCUT2D eigenvalue weighted by atomic mass is 79.9. The summed E-state index contributed by atoms with van der Waals surface area (Å²) in [5.74, 6) is 0. The maximum Gasteiger partial charge on any atom is 0.0931 e. The minimum atomic E-state index is 0.389. The molecule has 0 spiro atoms. The van der Waals surface area contributed by atoms with Gasteiger partial charge in [0.15, 0.2) is 0 Å². The molecular formula is C12H13BrClNS2. The van der Waals surface area contributed by atoms with E-state index in [1.807, 2.05) is 6.07 Å². The highest BCUT2D eigenvalue weighted by Crippen LogP contribution is 2.28. The molecule has 0 saturated carbocycles. The van der Waals surface area contributed by atoms with Gasteiger partial charge >= 0.3 is 0 Å². The molecule has 1 unspecified atom stereocenters. The van der Waals surface area contributed by atoms with Gasteiger partial charge in [0.2, 0.25) is 0 Å². The van der Waals surface area contributed by atoms with Crippen molar-refractivity contribution in [2.24, 2.45) is 0 Å². The molecule has 2 rings (SSSR count). The Bertz CT molecular complexity index is 480. The Morgan fingerprint density at radius 1 is 1.41 bits per heavy atom. The molecule has 0 aromatic carbocycles. The van der Waals surface area contributed by atoms with Crippen LogP contribution in [0.25, 0.3) is 0 Å². The quantitative estimate of drug-likeness (QED) is 0.789. The minimum Gasteiger partial charge on any atom is -0.309 e. The van der Waals surface area contributed by atoms with E-state index in [1.165, 1.54) is 14.2 Å². The summed E-state index contributed by atoms with van der Waals surface area (Å²) >= 11 is 12.9. The van der Waals surface area contributed by atoms with Crippen LogP contribution < -0.4 is 5.32 Å². The van der Waals surface area contributed by atoms with Crippen molar-refractivity contribution in [3.63, 3.8) is 0 Å². The van der Waals surface area contributed by atoms with E-state index in [2.05, 4.69) is 45.7 Å². The van der Waals surface area contributed by atoms with Gasteiger partial charge in [0, 0.05) is 26.8 Å². The van der Waals surface area contributed by atoms with Gasteiger partial charge in [-0.2, -0.15) is 0 Å². The number of rotatable bonds is 5. The Balaban J connectivity index is 1.81. The van der Waals surface area contributed by atoms with Crippen LogP contribution in [0.2, 0.25) is 4.34 Å². The fourth-order valence-corrected chi connectivity index (χ4v) is 4.44. The van der Waals surface area contributed by atoms with Crippen LogP contribution in [-0.4, -0.2) is 6.54 Å². The van der Waals surface area contributed by atoms with Crippen molar-refractivity contribution in [1.82, 2.24) is 5.32 Å². The largest absolute Gasteiger partial charge is 0.309 e. The van der Waals surface area contributed by atoms with Gasteiger partial charge in [0.1, 0.15) is 0 Å². The Hall–Kier alpha value is 0.130. The van der Waals surface area contributed by atoms with Gasteiger partial charge in [-0.1, -0.05) is 11.6 Å². The number of thiophene rings is 2. The zero-order valence-corrected chi connectivity index (χ0v) is 13.3. The van der Waals surface area contributed by atoms with E-state index in [0.717, 1.165) is 17.3 Å². The van der Waals surface area contributed by atoms with Crippen molar-refractivity contribution in [3.05, 3.63) is 42.1 Å². The van der Waals surface area contributed by atoms with Crippen LogP contribution >= 0.6 is 50.2 Å². The topological polar surface area (TPSA) is 12.0 Å². The van der Waals surface area contributed by atoms with Crippen molar-refractivity contribution < 1.29 is 0 Å². The summed E-state index contributed by atoms with van der Waals surface area (Å²) in [6.45, 7) is 3.17. The summed E-state index contributed by atoms with van der Waals surface area (Å²) in [5.41, 5.74) is 0. The second-order valence-electron chi connectivity index (χ2n) is 3.76. The summed E-state index contributed by atoms with van der Waals surface area (Å²) in [5, 5.41) is 5.64. The fraction of sp³-hybridized carbons (Fsp3) is 0.333. The molecule has 0 saturated heterocycles. The zero-order valence-electron chi connectivity index (χ0n) is 9.37. The molecule has 5 heteroatoms. The lowest BCUT2D eigenvalue weighted by Gasteiger charge is -2.12. The van der Waals surface area contributed by atoms with Crippen molar-refractivity contribution in [1.29, 1.82) is 0 Å². The van der Waals surface area contributed by atoms with Crippen molar-refractivity contribution >= 4 is 50.2 Å². The summed E-state index contributed by atoms with van der Waals surface area (Å²) in [6, 6.07) is 6.54. The lowest BCUT2D eigenvalue weighted by Crippen LogP contribution is -2.20. The van der Waals surface area contributed by atoms with Crippen LogP contribution in [0.5, 0.6) is 0 Å². The van der Waals surface area contributed by atoms with E-state index in [4.69, 9.17) is 11.6 Å². The van der Waals surface area contributed by atoms with E-state index in [-0.39, 0.29) is 0 Å². The van der Waals surface area contributed by atoms with Crippen LogP contribution in [0.4, 0.5) is 0 Å². The van der Waals surface area contributed by atoms with Gasteiger partial charge in [0.25, 0.3) is 0 Å². The maximum absolute atomic E-state index is 5.90. The number of nitrogens with one attached hydrogen (secondary N) is 1. The van der Waals surface area contributed by atoms with Crippen molar-refractivity contribution in [2.45, 2.75) is 19.4 Å². The molecule has 1 N–H and O–H groups in total. The van der Waals surface area contributed by atoms with Gasteiger partial charge < -0.3 is 5.32 Å². The molecular weight excluding hydrogens is 338 g/mol. The van der Waals surface area contributed by atoms with E-state index in [1.54, 1.807) is 22.7 Å². The number of halogens is 2. The fourth-order valence-electron chi connectivity index (χ4n) is 1.61. The predicted octanol–water partition coefficient (Wildman–Crippen LogP) is 5.12. The Morgan fingerprint density at radius 2 is 2.24 bits per heavy atom. The summed E-state index contributed by atoms with van der Waals surface area (Å²) < 4.78 is 2.07. The summed E-state index contributed by atoms with van der Waals surface area (Å²) in [4.78, 5) is 2.69. The second kappa shape index (κ2) is 6.34. The summed E-state index contributed by atoms with van der Waals surface area (Å²) in [6.07, 6.45) is 1.03. The molecule has 0 amide bonds. The predicted molar refractivity (Wildman–Crippen MR) is 81.5 cm³/mol. The molecule has 92 valence electrons. The first kappa shape index (κ1) is 13.6. The molecule has 1 nitrogen and oxygen atoms in total. The normalized spacial score (nSPS) is 12.9. The molecule has 2 heterocycles. The van der Waals surface area contributed by atoms with Gasteiger partial charge in [-0.15, -0.1) is 22.7 Å². The molecule has 2 aromatic heterocycles. The van der Waals surface area contributed by atoms with Crippen LogP contribution in [-0.2, 0) is 6.42 Å². The van der Waals surface area contributed by atoms with Crippen LogP contribution in [0.15, 0.2) is 28.1 Å². The third kappa shape index (κ3) is 3.80. The Labute approximate surface area is 123 Å². The first-order valence-corrected chi connectivity index (χ1v) is 8.24.